The van der Waals surface area contributed by atoms with E-state index in [1.165, 1.54) is 40.8 Å². The average Bonchev–Trinajstić information content (AvgIpc) is 3.89. The number of para-hydroxylation sites is 4. The van der Waals surface area contributed by atoms with Gasteiger partial charge in [-0.15, -0.1) is 0 Å². The number of aromatic nitrogens is 5. The third kappa shape index (κ3) is 5.88. The maximum Gasteiger partial charge on any atom is 0.165 e. The molecule has 0 unspecified atom stereocenters. The van der Waals surface area contributed by atoms with Crippen LogP contribution in [0.15, 0.2) is 194 Å². The van der Waals surface area contributed by atoms with Gasteiger partial charge in [0.25, 0.3) is 0 Å². The maximum atomic E-state index is 5.82. The molecule has 0 radical (unpaired) electrons. The zero-order chi connectivity index (χ0) is 43.3. The predicted molar refractivity (Wildman–Crippen MR) is 270 cm³/mol. The number of nitrogens with zero attached hydrogens (tertiary/aromatic N) is 5. The minimum atomic E-state index is -0.0880. The van der Waals surface area contributed by atoms with E-state index in [9.17, 15) is 0 Å². The van der Waals surface area contributed by atoms with E-state index >= 15 is 0 Å². The smallest absolute Gasteiger partial charge is 0.165 e. The predicted octanol–water partition coefficient (Wildman–Crippen LogP) is 15.2. The first-order valence-electron chi connectivity index (χ1n) is 23.8. The van der Waals surface area contributed by atoms with Gasteiger partial charge in [-0.05, 0) is 127 Å². The summed E-state index contributed by atoms with van der Waals surface area (Å²) in [7, 11) is 0. The molecule has 8 aromatic carbocycles. The van der Waals surface area contributed by atoms with E-state index in [1.54, 1.807) is 0 Å². The number of benzene rings is 8. The number of fused-ring (bicyclic) bond motifs is 6. The quantitative estimate of drug-likeness (QED) is 0.160. The molecule has 4 saturated carbocycles. The van der Waals surface area contributed by atoms with Gasteiger partial charge in [0.05, 0.1) is 33.4 Å². The summed E-state index contributed by atoms with van der Waals surface area (Å²) in [4.78, 5) is 17.4. The fraction of sp³-hybridized carbons (Fsp3) is 0.164. The van der Waals surface area contributed by atoms with Crippen molar-refractivity contribution in [2.75, 3.05) is 0 Å². The second kappa shape index (κ2) is 14.7. The Balaban J connectivity index is 1.09. The summed E-state index contributed by atoms with van der Waals surface area (Å²) >= 11 is 0. The molecule has 11 aromatic rings. The lowest BCUT2D eigenvalue weighted by Gasteiger charge is -2.56. The van der Waals surface area contributed by atoms with Gasteiger partial charge in [-0.2, -0.15) is 0 Å². The molecular weight excluding hydrogens is 803 g/mol. The first kappa shape index (κ1) is 37.7. The summed E-state index contributed by atoms with van der Waals surface area (Å²) in [6.07, 6.45) is 7.48. The first-order chi connectivity index (χ1) is 32.6. The van der Waals surface area contributed by atoms with Gasteiger partial charge in [0.2, 0.25) is 0 Å². The Bertz CT molecular complexity index is 3330. The Labute approximate surface area is 384 Å². The summed E-state index contributed by atoms with van der Waals surface area (Å²) in [5.41, 5.74) is 13.2. The monoisotopic (exact) mass is 849 g/mol. The molecule has 5 nitrogen and oxygen atoms in total. The molecule has 4 aliphatic carbocycles. The van der Waals surface area contributed by atoms with Crippen LogP contribution in [0.2, 0.25) is 0 Å². The van der Waals surface area contributed by atoms with E-state index in [4.69, 9.17) is 15.0 Å². The highest BCUT2D eigenvalue weighted by molar-refractivity contribution is 6.11. The van der Waals surface area contributed by atoms with Gasteiger partial charge in [0.15, 0.2) is 11.6 Å². The molecule has 4 bridgehead atoms. The fourth-order valence-corrected chi connectivity index (χ4v) is 13.0. The topological polar surface area (TPSA) is 48.5 Å². The summed E-state index contributed by atoms with van der Waals surface area (Å²) in [5.74, 6) is 4.59. The van der Waals surface area contributed by atoms with Crippen LogP contribution in [-0.2, 0) is 5.41 Å². The van der Waals surface area contributed by atoms with Crippen molar-refractivity contribution in [1.82, 2.24) is 24.1 Å². The molecule has 5 heteroatoms. The van der Waals surface area contributed by atoms with E-state index in [0.717, 1.165) is 121 Å². The Hall–Kier alpha value is -7.63. The zero-order valence-corrected chi connectivity index (χ0v) is 36.7. The second-order valence-electron chi connectivity index (χ2n) is 19.4. The third-order valence-electron chi connectivity index (χ3n) is 15.5. The number of hydrogen-bond donors (Lipinski definition) is 0. The number of hydrogen-bond acceptors (Lipinski definition) is 3. The van der Waals surface area contributed by atoms with Crippen LogP contribution < -0.4 is 0 Å². The van der Waals surface area contributed by atoms with Gasteiger partial charge >= 0.3 is 0 Å². The van der Waals surface area contributed by atoms with Crippen LogP contribution in [-0.4, -0.2) is 24.1 Å². The highest BCUT2D eigenvalue weighted by Crippen LogP contribution is 2.60. The Morgan fingerprint density at radius 1 is 0.348 bits per heavy atom. The van der Waals surface area contributed by atoms with Crippen LogP contribution in [0.1, 0.15) is 44.3 Å². The highest BCUT2D eigenvalue weighted by atomic mass is 15.1. The Morgan fingerprint density at radius 3 is 1.08 bits per heavy atom. The maximum absolute atomic E-state index is 5.82. The number of rotatable bonds is 7. The van der Waals surface area contributed by atoms with Gasteiger partial charge in [0.1, 0.15) is 5.82 Å². The molecule has 4 fully saturated rings. The molecule has 4 aliphatic rings. The van der Waals surface area contributed by atoms with Gasteiger partial charge in [0, 0.05) is 38.1 Å². The molecule has 0 spiro atoms. The molecule has 316 valence electrons. The minimum absolute atomic E-state index is 0.0880. The van der Waals surface area contributed by atoms with Crippen molar-refractivity contribution in [2.24, 2.45) is 17.8 Å². The van der Waals surface area contributed by atoms with E-state index in [1.807, 2.05) is 0 Å². The van der Waals surface area contributed by atoms with Crippen molar-refractivity contribution in [3.8, 4) is 56.4 Å². The van der Waals surface area contributed by atoms with Crippen LogP contribution in [0.4, 0.5) is 0 Å². The van der Waals surface area contributed by atoms with Crippen LogP contribution in [0, 0.1) is 17.8 Å². The molecule has 3 heterocycles. The van der Waals surface area contributed by atoms with Crippen molar-refractivity contribution >= 4 is 43.6 Å². The fourth-order valence-electron chi connectivity index (χ4n) is 13.0. The highest BCUT2D eigenvalue weighted by Gasteiger charge is 2.53. The van der Waals surface area contributed by atoms with Gasteiger partial charge in [-0.25, -0.2) is 15.0 Å². The summed E-state index contributed by atoms with van der Waals surface area (Å²) in [5, 5.41) is 4.91. The lowest BCUT2D eigenvalue weighted by Crippen LogP contribution is -2.49. The molecule has 0 atom stereocenters. The van der Waals surface area contributed by atoms with Crippen LogP contribution in [0.5, 0.6) is 0 Å². The normalized spacial score (nSPS) is 20.0. The molecule has 0 saturated heterocycles. The molecule has 3 aromatic heterocycles. The summed E-state index contributed by atoms with van der Waals surface area (Å²) < 4.78 is 4.87. The summed E-state index contributed by atoms with van der Waals surface area (Å²) in [6.45, 7) is 0. The molecule has 0 amide bonds. The average molecular weight is 850 g/mol. The molecular formula is C61H47N5. The SMILES string of the molecule is c1ccc(-c2ccc(-n3c4ccccc4c4ccccc43)c(-c3nc(-c4cc(-c5ccccc5)ccc4-n4c5ccccc5c5ccccc54)nc(C45CC6CC(CC(C6)C4)C5)n3)c2)cc1. The Morgan fingerprint density at radius 2 is 0.697 bits per heavy atom. The molecule has 66 heavy (non-hydrogen) atoms. The zero-order valence-electron chi connectivity index (χ0n) is 36.7. The third-order valence-corrected chi connectivity index (χ3v) is 15.5. The van der Waals surface area contributed by atoms with Crippen molar-refractivity contribution in [2.45, 2.75) is 43.9 Å². The largest absolute Gasteiger partial charge is 0.309 e. The van der Waals surface area contributed by atoms with Crippen molar-refractivity contribution in [3.05, 3.63) is 200 Å². The lowest BCUT2D eigenvalue weighted by molar-refractivity contribution is -0.00938. The molecule has 0 aliphatic heterocycles. The van der Waals surface area contributed by atoms with Crippen LogP contribution in [0.25, 0.3) is 100 Å². The van der Waals surface area contributed by atoms with E-state index in [-0.39, 0.29) is 5.41 Å². The van der Waals surface area contributed by atoms with E-state index in [0.29, 0.717) is 0 Å². The standard InChI is InChI=1S/C61H47N5/c1-3-15-42(16-4-1)44-27-29-56(65-52-23-11-7-19-46(52)47-20-8-12-24-53(47)65)50(34-44)58-62-59(64-60(63-58)61-36-39-31-40(37-61)33-41(32-39)38-61)51-35-45(43-17-5-2-6-18-43)28-30-57(51)66-54-25-13-9-21-48(54)49-22-10-14-26-55(49)66/h1-30,34-35,39-41H,31-33,36-38H2. The van der Waals surface area contributed by atoms with E-state index < -0.39 is 0 Å². The van der Waals surface area contributed by atoms with Gasteiger partial charge in [-0.1, -0.05) is 146 Å². The van der Waals surface area contributed by atoms with Crippen LogP contribution in [0.3, 0.4) is 0 Å². The van der Waals surface area contributed by atoms with Crippen molar-refractivity contribution in [3.63, 3.8) is 0 Å². The lowest BCUT2D eigenvalue weighted by atomic mass is 9.49. The minimum Gasteiger partial charge on any atom is -0.309 e. The first-order valence-corrected chi connectivity index (χ1v) is 23.8. The van der Waals surface area contributed by atoms with Crippen LogP contribution >= 0.6 is 0 Å². The second-order valence-corrected chi connectivity index (χ2v) is 19.4. The molecule has 15 rings (SSSR count). The molecule has 0 N–H and O–H groups in total. The summed E-state index contributed by atoms with van der Waals surface area (Å²) in [6, 6.07) is 70.4. The van der Waals surface area contributed by atoms with Crippen molar-refractivity contribution < 1.29 is 0 Å². The van der Waals surface area contributed by atoms with E-state index in [2.05, 4.69) is 203 Å². The van der Waals surface area contributed by atoms with Gasteiger partial charge < -0.3 is 9.13 Å². The van der Waals surface area contributed by atoms with Crippen molar-refractivity contribution in [1.29, 1.82) is 0 Å². The van der Waals surface area contributed by atoms with Gasteiger partial charge in [-0.3, -0.25) is 0 Å². The Kier molecular flexibility index (Phi) is 8.40.